The highest BCUT2D eigenvalue weighted by Crippen LogP contribution is 2.19. The Morgan fingerprint density at radius 1 is 1.57 bits per heavy atom. The van der Waals surface area contributed by atoms with Crippen molar-refractivity contribution < 1.29 is 14.6 Å². The number of carbonyl (C=O) groups excluding carboxylic acids is 1. The van der Waals surface area contributed by atoms with E-state index in [0.29, 0.717) is 26.1 Å². The van der Waals surface area contributed by atoms with Crippen molar-refractivity contribution in [3.05, 3.63) is 0 Å². The van der Waals surface area contributed by atoms with Crippen LogP contribution in [0.15, 0.2) is 0 Å². The topological polar surface area (TPSA) is 58.6 Å². The maximum absolute atomic E-state index is 11.0. The summed E-state index contributed by atoms with van der Waals surface area (Å²) in [7, 11) is 0. The minimum absolute atomic E-state index is 0.0621. The number of nitrogens with one attached hydrogen (secondary N) is 1. The molecule has 1 aliphatic heterocycles. The number of ether oxygens (including phenoxy) is 1. The minimum atomic E-state index is -0.817. The Labute approximate surface area is 83.6 Å². The molecule has 1 amide bonds. The molecule has 1 fully saturated rings. The number of aliphatic hydroxyl groups is 1. The summed E-state index contributed by atoms with van der Waals surface area (Å²) >= 11 is 0. The predicted octanol–water partition coefficient (Wildman–Crippen LogP) is -0.333. The fraction of sp³-hybridized carbons (Fsp3) is 0.700. The molecule has 0 radical (unpaired) electrons. The summed E-state index contributed by atoms with van der Waals surface area (Å²) in [6.45, 7) is 1.35. The van der Waals surface area contributed by atoms with Gasteiger partial charge >= 0.3 is 0 Å². The Morgan fingerprint density at radius 3 is 2.79 bits per heavy atom. The van der Waals surface area contributed by atoms with Crippen molar-refractivity contribution in [1.29, 1.82) is 0 Å². The average molecular weight is 197 g/mol. The third kappa shape index (κ3) is 3.36. The average Bonchev–Trinajstić information content (AvgIpc) is 2.17. The Morgan fingerprint density at radius 2 is 2.21 bits per heavy atom. The van der Waals surface area contributed by atoms with Crippen LogP contribution in [-0.4, -0.2) is 36.4 Å². The van der Waals surface area contributed by atoms with Gasteiger partial charge in [0.2, 0.25) is 5.91 Å². The molecule has 1 heterocycles. The Kier molecular flexibility index (Phi) is 3.93. The summed E-state index contributed by atoms with van der Waals surface area (Å²) in [6, 6.07) is 0. The van der Waals surface area contributed by atoms with Crippen molar-refractivity contribution in [3.8, 4) is 12.3 Å². The maximum atomic E-state index is 11.0. The van der Waals surface area contributed by atoms with Gasteiger partial charge in [-0.05, 0) is 0 Å². The second-order valence-corrected chi connectivity index (χ2v) is 3.49. The normalized spacial score (nSPS) is 19.7. The molecular formula is C10H15NO3. The van der Waals surface area contributed by atoms with Crippen LogP contribution in [0.2, 0.25) is 0 Å². The Balaban J connectivity index is 2.28. The summed E-state index contributed by atoms with van der Waals surface area (Å²) in [4.78, 5) is 11.0. The van der Waals surface area contributed by atoms with Gasteiger partial charge < -0.3 is 15.2 Å². The molecule has 0 spiro atoms. The van der Waals surface area contributed by atoms with Gasteiger partial charge in [0, 0.05) is 32.6 Å². The molecule has 1 saturated heterocycles. The molecule has 2 N–H and O–H groups in total. The van der Waals surface area contributed by atoms with Crippen molar-refractivity contribution in [2.24, 2.45) is 0 Å². The molecule has 0 aliphatic carbocycles. The molecule has 14 heavy (non-hydrogen) atoms. The van der Waals surface area contributed by atoms with Crippen molar-refractivity contribution in [1.82, 2.24) is 5.32 Å². The van der Waals surface area contributed by atoms with E-state index in [0.717, 1.165) is 0 Å². The second-order valence-electron chi connectivity index (χ2n) is 3.49. The molecule has 0 aromatic heterocycles. The fourth-order valence-electron chi connectivity index (χ4n) is 1.35. The third-order valence-electron chi connectivity index (χ3n) is 2.30. The first-order valence-electron chi connectivity index (χ1n) is 4.67. The molecule has 4 nitrogen and oxygen atoms in total. The largest absolute Gasteiger partial charge is 0.388 e. The zero-order valence-electron chi connectivity index (χ0n) is 8.08. The number of amides is 1. The summed E-state index contributed by atoms with van der Waals surface area (Å²) in [5.74, 6) is 2.03. The molecule has 0 unspecified atom stereocenters. The van der Waals surface area contributed by atoms with Crippen LogP contribution in [0.5, 0.6) is 0 Å². The quantitative estimate of drug-likeness (QED) is 0.609. The summed E-state index contributed by atoms with van der Waals surface area (Å²) in [5, 5.41) is 12.5. The van der Waals surface area contributed by atoms with Crippen LogP contribution in [0.4, 0.5) is 0 Å². The number of hydrogen-bond acceptors (Lipinski definition) is 3. The number of terminal acetylenes is 1. The summed E-state index contributed by atoms with van der Waals surface area (Å²) in [5.41, 5.74) is -0.817. The molecule has 1 aliphatic rings. The van der Waals surface area contributed by atoms with Crippen LogP contribution in [0.25, 0.3) is 0 Å². The molecular weight excluding hydrogens is 182 g/mol. The Bertz CT molecular complexity index is 238. The first-order valence-corrected chi connectivity index (χ1v) is 4.67. The highest BCUT2D eigenvalue weighted by molar-refractivity contribution is 5.78. The minimum Gasteiger partial charge on any atom is -0.388 e. The van der Waals surface area contributed by atoms with E-state index in [4.69, 9.17) is 11.2 Å². The van der Waals surface area contributed by atoms with Gasteiger partial charge in [-0.15, -0.1) is 6.42 Å². The van der Waals surface area contributed by atoms with Gasteiger partial charge in [-0.2, -0.15) is 0 Å². The second kappa shape index (κ2) is 4.99. The highest BCUT2D eigenvalue weighted by atomic mass is 16.5. The summed E-state index contributed by atoms with van der Waals surface area (Å²) < 4.78 is 5.11. The molecule has 0 aromatic rings. The van der Waals surface area contributed by atoms with Crippen LogP contribution in [0, 0.1) is 12.3 Å². The molecule has 4 heteroatoms. The van der Waals surface area contributed by atoms with E-state index < -0.39 is 5.60 Å². The van der Waals surface area contributed by atoms with E-state index in [2.05, 4.69) is 11.2 Å². The van der Waals surface area contributed by atoms with E-state index in [9.17, 15) is 9.90 Å². The lowest BCUT2D eigenvalue weighted by molar-refractivity contribution is -0.122. The first-order chi connectivity index (χ1) is 6.66. The van der Waals surface area contributed by atoms with Crippen LogP contribution in [0.3, 0.4) is 0 Å². The molecule has 0 aromatic carbocycles. The van der Waals surface area contributed by atoms with Gasteiger partial charge in [0.25, 0.3) is 0 Å². The van der Waals surface area contributed by atoms with E-state index in [1.165, 1.54) is 0 Å². The van der Waals surface area contributed by atoms with Crippen LogP contribution in [-0.2, 0) is 9.53 Å². The number of hydrogen-bond donors (Lipinski definition) is 2. The van der Waals surface area contributed by atoms with Crippen LogP contribution < -0.4 is 5.32 Å². The lowest BCUT2D eigenvalue weighted by Crippen LogP contribution is -2.46. The van der Waals surface area contributed by atoms with Crippen LogP contribution >= 0.6 is 0 Å². The Hall–Kier alpha value is -1.05. The van der Waals surface area contributed by atoms with Gasteiger partial charge in [0.05, 0.1) is 12.0 Å². The zero-order valence-corrected chi connectivity index (χ0v) is 8.08. The van der Waals surface area contributed by atoms with E-state index in [1.807, 2.05) is 0 Å². The van der Waals surface area contributed by atoms with Crippen LogP contribution in [0.1, 0.15) is 19.3 Å². The zero-order chi connectivity index (χ0) is 10.4. The van der Waals surface area contributed by atoms with Gasteiger partial charge in [0.1, 0.15) is 0 Å². The molecule has 0 bridgehead atoms. The highest BCUT2D eigenvalue weighted by Gasteiger charge is 2.29. The lowest BCUT2D eigenvalue weighted by atomic mass is 9.94. The van der Waals surface area contributed by atoms with Gasteiger partial charge in [-0.25, -0.2) is 0 Å². The molecule has 0 atom stereocenters. The SMILES string of the molecule is C#CCC(=O)NCC1(O)CCOCC1. The third-order valence-corrected chi connectivity index (χ3v) is 2.30. The predicted molar refractivity (Wildman–Crippen MR) is 51.5 cm³/mol. The van der Waals surface area contributed by atoms with Gasteiger partial charge in [-0.3, -0.25) is 4.79 Å². The van der Waals surface area contributed by atoms with Gasteiger partial charge in [0.15, 0.2) is 0 Å². The lowest BCUT2D eigenvalue weighted by Gasteiger charge is -2.31. The van der Waals surface area contributed by atoms with Crippen molar-refractivity contribution in [2.45, 2.75) is 24.9 Å². The van der Waals surface area contributed by atoms with Crippen molar-refractivity contribution in [2.75, 3.05) is 19.8 Å². The van der Waals surface area contributed by atoms with E-state index in [-0.39, 0.29) is 18.9 Å². The summed E-state index contributed by atoms with van der Waals surface area (Å²) in [6.07, 6.45) is 6.16. The molecule has 0 saturated carbocycles. The number of carbonyl (C=O) groups is 1. The first kappa shape index (κ1) is 11.0. The van der Waals surface area contributed by atoms with E-state index in [1.54, 1.807) is 0 Å². The van der Waals surface area contributed by atoms with Crippen molar-refractivity contribution in [3.63, 3.8) is 0 Å². The molecule has 1 rings (SSSR count). The number of rotatable bonds is 3. The smallest absolute Gasteiger partial charge is 0.232 e. The standard InChI is InChI=1S/C10H15NO3/c1-2-3-9(12)11-8-10(13)4-6-14-7-5-10/h1,13H,3-8H2,(H,11,12). The van der Waals surface area contributed by atoms with Gasteiger partial charge in [-0.1, -0.05) is 5.92 Å². The monoisotopic (exact) mass is 197 g/mol. The van der Waals surface area contributed by atoms with Crippen molar-refractivity contribution >= 4 is 5.91 Å². The van der Waals surface area contributed by atoms with E-state index >= 15 is 0 Å². The molecule has 78 valence electrons. The maximum Gasteiger partial charge on any atom is 0.232 e. The fourth-order valence-corrected chi connectivity index (χ4v) is 1.35.